The van der Waals surface area contributed by atoms with Crippen LogP contribution in [0.25, 0.3) is 0 Å². The summed E-state index contributed by atoms with van der Waals surface area (Å²) in [5.74, 6) is -0.0952. The van der Waals surface area contributed by atoms with Crippen molar-refractivity contribution in [2.75, 3.05) is 27.7 Å². The molecule has 15 heavy (non-hydrogen) atoms. The molecule has 0 atom stereocenters. The molecule has 4 heteroatoms. The van der Waals surface area contributed by atoms with Crippen LogP contribution in [-0.4, -0.2) is 43.6 Å². The summed E-state index contributed by atoms with van der Waals surface area (Å²) in [7, 11) is 6.49. The van der Waals surface area contributed by atoms with Gasteiger partial charge in [0, 0.05) is 13.0 Å². The van der Waals surface area contributed by atoms with Crippen molar-refractivity contribution in [1.29, 1.82) is 0 Å². The normalized spacial score (nSPS) is 11.5. The molecule has 0 heterocycles. The maximum absolute atomic E-state index is 10.9. The molecule has 3 nitrogen and oxygen atoms in total. The molecule has 0 saturated carbocycles. The third kappa shape index (κ3) is 5.80. The molecule has 90 valence electrons. The first kappa shape index (κ1) is 16.9. The number of rotatable bonds is 5. The summed E-state index contributed by atoms with van der Waals surface area (Å²) in [4.78, 5) is 10.9. The predicted octanol–water partition coefficient (Wildman–Crippen LogP) is -1.83. The van der Waals surface area contributed by atoms with Gasteiger partial charge in [0.25, 0.3) is 0 Å². The molecule has 0 aromatic carbocycles. The summed E-state index contributed by atoms with van der Waals surface area (Å²) in [6, 6.07) is 0. The minimum atomic E-state index is -0.0952. The highest BCUT2D eigenvalue weighted by Crippen LogP contribution is 2.20. The number of amides is 1. The quantitative estimate of drug-likeness (QED) is 0.440. The van der Waals surface area contributed by atoms with Crippen LogP contribution in [-0.2, 0) is 4.79 Å². The van der Waals surface area contributed by atoms with Crippen molar-refractivity contribution in [2.45, 2.75) is 25.8 Å². The van der Waals surface area contributed by atoms with Crippen LogP contribution >= 0.6 is 0 Å². The number of nitrogens with one attached hydrogen (secondary N) is 1. The standard InChI is InChI=1S/C11H22N2O.ClH/c1-7-10(14)12-9-8-11(2,3)13(4,5)6;/h7H,1,8-9H2,2-6H3;1H. The lowest BCUT2D eigenvalue weighted by atomic mass is 9.97. The van der Waals surface area contributed by atoms with Gasteiger partial charge in [-0.2, -0.15) is 0 Å². The van der Waals surface area contributed by atoms with E-state index in [1.807, 2.05) is 0 Å². The monoisotopic (exact) mass is 234 g/mol. The molecule has 0 bridgehead atoms. The lowest BCUT2D eigenvalue weighted by Crippen LogP contribution is -3.00. The third-order valence-corrected chi connectivity index (χ3v) is 3.04. The van der Waals surface area contributed by atoms with E-state index >= 15 is 0 Å². The summed E-state index contributed by atoms with van der Waals surface area (Å²) >= 11 is 0. The molecule has 0 aliphatic rings. The Hall–Kier alpha value is -0.540. The first-order chi connectivity index (χ1) is 6.20. The summed E-state index contributed by atoms with van der Waals surface area (Å²) in [5.41, 5.74) is 0.161. The fourth-order valence-corrected chi connectivity index (χ4v) is 0.899. The molecule has 0 aliphatic heterocycles. The molecule has 0 radical (unpaired) electrons. The highest BCUT2D eigenvalue weighted by atomic mass is 35.5. The van der Waals surface area contributed by atoms with E-state index in [9.17, 15) is 4.79 Å². The van der Waals surface area contributed by atoms with Crippen molar-refractivity contribution < 1.29 is 21.7 Å². The summed E-state index contributed by atoms with van der Waals surface area (Å²) < 4.78 is 0.886. The van der Waals surface area contributed by atoms with E-state index in [1.54, 1.807) is 0 Å². The van der Waals surface area contributed by atoms with E-state index in [2.05, 4.69) is 46.9 Å². The van der Waals surface area contributed by atoms with Crippen molar-refractivity contribution in [3.63, 3.8) is 0 Å². The number of halogens is 1. The zero-order chi connectivity index (χ0) is 11.4. The fraction of sp³-hybridized carbons (Fsp3) is 0.727. The zero-order valence-electron chi connectivity index (χ0n) is 10.4. The van der Waals surface area contributed by atoms with Gasteiger partial charge in [0.1, 0.15) is 0 Å². The number of carbonyl (C=O) groups excluding carboxylic acids is 1. The lowest BCUT2D eigenvalue weighted by molar-refractivity contribution is -0.919. The largest absolute Gasteiger partial charge is 1.00 e. The molecular weight excluding hydrogens is 212 g/mol. The first-order valence-electron chi connectivity index (χ1n) is 4.92. The van der Waals surface area contributed by atoms with Gasteiger partial charge in [0.15, 0.2) is 0 Å². The Morgan fingerprint density at radius 1 is 1.40 bits per heavy atom. The van der Waals surface area contributed by atoms with Crippen molar-refractivity contribution in [1.82, 2.24) is 5.32 Å². The van der Waals surface area contributed by atoms with Crippen molar-refractivity contribution in [2.24, 2.45) is 0 Å². The average Bonchev–Trinajstić information content (AvgIpc) is 2.01. The predicted molar refractivity (Wildman–Crippen MR) is 59.9 cm³/mol. The Morgan fingerprint density at radius 2 is 1.87 bits per heavy atom. The van der Waals surface area contributed by atoms with Gasteiger partial charge in [-0.05, 0) is 19.9 Å². The van der Waals surface area contributed by atoms with Crippen LogP contribution in [0.15, 0.2) is 12.7 Å². The Morgan fingerprint density at radius 3 is 2.20 bits per heavy atom. The SMILES string of the molecule is C=CC(=O)NCCC(C)(C)[N+](C)(C)C.[Cl-]. The minimum absolute atomic E-state index is 0. The second-order valence-corrected chi connectivity index (χ2v) is 5.07. The van der Waals surface area contributed by atoms with Gasteiger partial charge in [-0.1, -0.05) is 6.58 Å². The van der Waals surface area contributed by atoms with Crippen LogP contribution in [0.1, 0.15) is 20.3 Å². The molecule has 1 amide bonds. The lowest BCUT2D eigenvalue weighted by Gasteiger charge is -2.41. The van der Waals surface area contributed by atoms with Gasteiger partial charge in [-0.25, -0.2) is 0 Å². The molecule has 0 aromatic rings. The molecule has 0 spiro atoms. The van der Waals surface area contributed by atoms with Gasteiger partial charge in [0.05, 0.1) is 26.7 Å². The third-order valence-electron chi connectivity index (χ3n) is 3.04. The van der Waals surface area contributed by atoms with E-state index in [0.717, 1.165) is 10.9 Å². The number of hydrogen-bond acceptors (Lipinski definition) is 1. The number of nitrogens with zero attached hydrogens (tertiary/aromatic N) is 1. The van der Waals surface area contributed by atoms with Crippen molar-refractivity contribution in [3.05, 3.63) is 12.7 Å². The second-order valence-electron chi connectivity index (χ2n) is 5.07. The van der Waals surface area contributed by atoms with E-state index in [4.69, 9.17) is 0 Å². The average molecular weight is 235 g/mol. The fourth-order valence-electron chi connectivity index (χ4n) is 0.899. The molecule has 0 aliphatic carbocycles. The van der Waals surface area contributed by atoms with Crippen LogP contribution in [0, 0.1) is 0 Å². The minimum Gasteiger partial charge on any atom is -1.00 e. The first-order valence-corrected chi connectivity index (χ1v) is 4.92. The highest BCUT2D eigenvalue weighted by Gasteiger charge is 2.31. The Balaban J connectivity index is 0. The second kappa shape index (κ2) is 6.13. The van der Waals surface area contributed by atoms with Crippen molar-refractivity contribution in [3.8, 4) is 0 Å². The van der Waals surface area contributed by atoms with E-state index in [1.165, 1.54) is 6.08 Å². The van der Waals surface area contributed by atoms with Gasteiger partial charge < -0.3 is 22.2 Å². The number of quaternary nitrogens is 1. The molecule has 0 aromatic heterocycles. The maximum Gasteiger partial charge on any atom is 0.243 e. The van der Waals surface area contributed by atoms with Gasteiger partial charge in [-0.15, -0.1) is 0 Å². The summed E-state index contributed by atoms with van der Waals surface area (Å²) in [5, 5.41) is 2.79. The van der Waals surface area contributed by atoms with Gasteiger partial charge >= 0.3 is 0 Å². The topological polar surface area (TPSA) is 29.1 Å². The Labute approximate surface area is 99.5 Å². The van der Waals surface area contributed by atoms with Crippen LogP contribution in [0.5, 0.6) is 0 Å². The van der Waals surface area contributed by atoms with Gasteiger partial charge in [-0.3, -0.25) is 4.79 Å². The zero-order valence-corrected chi connectivity index (χ0v) is 11.2. The number of hydrogen-bond donors (Lipinski definition) is 1. The van der Waals surface area contributed by atoms with Crippen LogP contribution < -0.4 is 17.7 Å². The maximum atomic E-state index is 10.9. The highest BCUT2D eigenvalue weighted by molar-refractivity contribution is 5.86. The molecular formula is C11H23ClN2O. The van der Waals surface area contributed by atoms with E-state index in [-0.39, 0.29) is 23.9 Å². The Kier molecular flexibility index (Phi) is 6.90. The van der Waals surface area contributed by atoms with E-state index < -0.39 is 0 Å². The smallest absolute Gasteiger partial charge is 0.243 e. The molecule has 0 saturated heterocycles. The molecule has 0 fully saturated rings. The summed E-state index contributed by atoms with van der Waals surface area (Å²) in [6.45, 7) is 8.51. The van der Waals surface area contributed by atoms with Gasteiger partial charge in [0.2, 0.25) is 5.91 Å². The Bertz CT molecular complexity index is 219. The van der Waals surface area contributed by atoms with Crippen LogP contribution in [0.2, 0.25) is 0 Å². The van der Waals surface area contributed by atoms with Crippen LogP contribution in [0.4, 0.5) is 0 Å². The summed E-state index contributed by atoms with van der Waals surface area (Å²) in [6.07, 6.45) is 2.26. The molecule has 0 unspecified atom stereocenters. The molecule has 0 rings (SSSR count). The van der Waals surface area contributed by atoms with Crippen LogP contribution in [0.3, 0.4) is 0 Å². The molecule has 1 N–H and O–H groups in total. The van der Waals surface area contributed by atoms with Crippen molar-refractivity contribution >= 4 is 5.91 Å². The van der Waals surface area contributed by atoms with E-state index in [0.29, 0.717) is 6.54 Å². The number of carbonyl (C=O) groups is 1.